The number of hydrogen-bond donors (Lipinski definition) is 1. The third-order valence-corrected chi connectivity index (χ3v) is 3.53. The van der Waals surface area contributed by atoms with Crippen LogP contribution in [-0.4, -0.2) is 12.0 Å². The first-order valence-corrected chi connectivity index (χ1v) is 6.11. The van der Waals surface area contributed by atoms with E-state index in [-0.39, 0.29) is 5.82 Å². The first-order chi connectivity index (χ1) is 8.08. The molecule has 0 saturated heterocycles. The normalized spacial score (nSPS) is 10.5. The number of hydrogen-bond acceptors (Lipinski definition) is 4. The summed E-state index contributed by atoms with van der Waals surface area (Å²) in [6, 6.07) is 4.74. The summed E-state index contributed by atoms with van der Waals surface area (Å²) in [5.41, 5.74) is 9.31. The summed E-state index contributed by atoms with van der Waals surface area (Å²) in [5, 5.41) is 0. The number of nitrogens with two attached hydrogens (primary N) is 1. The monoisotopic (exact) mass is 251 g/mol. The van der Waals surface area contributed by atoms with E-state index in [0.717, 1.165) is 10.6 Å². The van der Waals surface area contributed by atoms with Crippen LogP contribution in [-0.2, 0) is 6.54 Å². The van der Waals surface area contributed by atoms with E-state index in [4.69, 9.17) is 5.73 Å². The van der Waals surface area contributed by atoms with Crippen LogP contribution in [0.3, 0.4) is 0 Å². The van der Waals surface area contributed by atoms with Crippen LogP contribution in [0.2, 0.25) is 0 Å². The van der Waals surface area contributed by atoms with Gasteiger partial charge in [-0.2, -0.15) is 0 Å². The Morgan fingerprint density at radius 3 is 2.82 bits per heavy atom. The molecule has 0 aliphatic heterocycles. The Labute approximate surface area is 104 Å². The maximum absolute atomic E-state index is 13.7. The second-order valence-corrected chi connectivity index (χ2v) is 4.87. The highest BCUT2D eigenvalue weighted by Gasteiger charge is 2.10. The van der Waals surface area contributed by atoms with Crippen molar-refractivity contribution in [3.63, 3.8) is 0 Å². The van der Waals surface area contributed by atoms with E-state index in [2.05, 4.69) is 4.98 Å². The van der Waals surface area contributed by atoms with Crippen LogP contribution >= 0.6 is 11.3 Å². The van der Waals surface area contributed by atoms with E-state index in [9.17, 15) is 4.39 Å². The number of aryl methyl sites for hydroxylation is 1. The molecule has 0 aliphatic carbocycles. The van der Waals surface area contributed by atoms with Crippen LogP contribution in [0.4, 0.5) is 15.8 Å². The number of nitrogen functional groups attached to an aromatic ring is 1. The second-order valence-electron chi connectivity index (χ2n) is 3.93. The van der Waals surface area contributed by atoms with Gasteiger partial charge in [0.05, 0.1) is 23.4 Å². The largest absolute Gasteiger partial charge is 0.399 e. The van der Waals surface area contributed by atoms with Gasteiger partial charge in [0.15, 0.2) is 0 Å². The second kappa shape index (κ2) is 4.71. The molecule has 1 heterocycles. The fraction of sp³-hybridized carbons (Fsp3) is 0.250. The molecule has 0 unspecified atom stereocenters. The highest BCUT2D eigenvalue weighted by molar-refractivity contribution is 7.09. The summed E-state index contributed by atoms with van der Waals surface area (Å²) < 4.78 is 13.7. The van der Waals surface area contributed by atoms with Crippen LogP contribution in [0.25, 0.3) is 0 Å². The van der Waals surface area contributed by atoms with Crippen molar-refractivity contribution < 1.29 is 4.39 Å². The summed E-state index contributed by atoms with van der Waals surface area (Å²) in [6.45, 7) is 2.61. The first kappa shape index (κ1) is 11.9. The predicted octanol–water partition coefficient (Wildman–Crippen LogP) is 2.81. The van der Waals surface area contributed by atoms with Gasteiger partial charge in [-0.3, -0.25) is 0 Å². The van der Waals surface area contributed by atoms with E-state index in [1.54, 1.807) is 29.0 Å². The van der Waals surface area contributed by atoms with Gasteiger partial charge in [0.25, 0.3) is 0 Å². The Balaban J connectivity index is 2.20. The molecule has 1 aromatic carbocycles. The molecule has 1 aromatic heterocycles. The summed E-state index contributed by atoms with van der Waals surface area (Å²) in [7, 11) is 1.85. The van der Waals surface area contributed by atoms with E-state index in [1.807, 2.05) is 18.9 Å². The molecule has 0 atom stereocenters. The Morgan fingerprint density at radius 1 is 1.47 bits per heavy atom. The third-order valence-electron chi connectivity index (χ3n) is 2.61. The number of thiazole rings is 1. The Morgan fingerprint density at radius 2 is 2.24 bits per heavy atom. The number of rotatable bonds is 3. The van der Waals surface area contributed by atoms with Crippen LogP contribution in [0.5, 0.6) is 0 Å². The molecule has 0 aliphatic rings. The van der Waals surface area contributed by atoms with Crippen LogP contribution < -0.4 is 10.6 Å². The fourth-order valence-electron chi connectivity index (χ4n) is 1.61. The lowest BCUT2D eigenvalue weighted by atomic mass is 10.2. The van der Waals surface area contributed by atoms with Crippen molar-refractivity contribution in [1.82, 2.24) is 4.98 Å². The van der Waals surface area contributed by atoms with E-state index in [1.165, 1.54) is 6.07 Å². The molecule has 2 N–H and O–H groups in total. The molecule has 0 bridgehead atoms. The summed E-state index contributed by atoms with van der Waals surface area (Å²) >= 11 is 1.58. The van der Waals surface area contributed by atoms with Crippen molar-refractivity contribution in [2.75, 3.05) is 17.7 Å². The average molecular weight is 251 g/mol. The van der Waals surface area contributed by atoms with Crippen molar-refractivity contribution in [3.05, 3.63) is 40.1 Å². The molecule has 2 aromatic rings. The van der Waals surface area contributed by atoms with Crippen molar-refractivity contribution >= 4 is 22.7 Å². The molecular weight excluding hydrogens is 237 g/mol. The number of benzene rings is 1. The SMILES string of the molecule is Cc1ncsc1CN(C)c1ccc(N)cc1F. The maximum Gasteiger partial charge on any atom is 0.148 e. The molecule has 90 valence electrons. The topological polar surface area (TPSA) is 42.2 Å². The third kappa shape index (κ3) is 2.55. The number of anilines is 2. The summed E-state index contributed by atoms with van der Waals surface area (Å²) in [6.07, 6.45) is 0. The standard InChI is InChI=1S/C12H14FN3S/c1-8-12(17-7-15-8)6-16(2)11-4-3-9(14)5-10(11)13/h3-5,7H,6,14H2,1-2H3. The minimum atomic E-state index is -0.297. The lowest BCUT2D eigenvalue weighted by Gasteiger charge is -2.19. The molecule has 0 saturated carbocycles. The molecule has 0 spiro atoms. The van der Waals surface area contributed by atoms with Gasteiger partial charge in [-0.1, -0.05) is 0 Å². The quantitative estimate of drug-likeness (QED) is 0.853. The molecule has 3 nitrogen and oxygen atoms in total. The lowest BCUT2D eigenvalue weighted by molar-refractivity contribution is 0.623. The summed E-state index contributed by atoms with van der Waals surface area (Å²) in [5.74, 6) is -0.297. The molecular formula is C12H14FN3S. The van der Waals surface area contributed by atoms with E-state index in [0.29, 0.717) is 17.9 Å². The zero-order chi connectivity index (χ0) is 12.4. The van der Waals surface area contributed by atoms with Crippen molar-refractivity contribution in [2.24, 2.45) is 0 Å². The van der Waals surface area contributed by atoms with Crippen molar-refractivity contribution in [3.8, 4) is 0 Å². The number of halogens is 1. The minimum absolute atomic E-state index is 0.297. The van der Waals surface area contributed by atoms with Gasteiger partial charge in [-0.25, -0.2) is 9.37 Å². The number of aromatic nitrogens is 1. The zero-order valence-electron chi connectivity index (χ0n) is 9.77. The van der Waals surface area contributed by atoms with Crippen LogP contribution in [0, 0.1) is 12.7 Å². The zero-order valence-corrected chi connectivity index (χ0v) is 10.6. The minimum Gasteiger partial charge on any atom is -0.399 e. The van der Waals surface area contributed by atoms with Gasteiger partial charge < -0.3 is 10.6 Å². The van der Waals surface area contributed by atoms with Crippen LogP contribution in [0.15, 0.2) is 23.7 Å². The van der Waals surface area contributed by atoms with E-state index >= 15 is 0 Å². The fourth-order valence-corrected chi connectivity index (χ4v) is 2.44. The van der Waals surface area contributed by atoms with Gasteiger partial charge in [-0.05, 0) is 25.1 Å². The highest BCUT2D eigenvalue weighted by atomic mass is 32.1. The molecule has 0 fully saturated rings. The van der Waals surface area contributed by atoms with Gasteiger partial charge >= 0.3 is 0 Å². The average Bonchev–Trinajstić information content (AvgIpc) is 2.64. The summed E-state index contributed by atoms with van der Waals surface area (Å²) in [4.78, 5) is 7.18. The van der Waals surface area contributed by atoms with Crippen molar-refractivity contribution in [2.45, 2.75) is 13.5 Å². The van der Waals surface area contributed by atoms with Gasteiger partial charge in [0.2, 0.25) is 0 Å². The molecule has 0 radical (unpaired) electrons. The molecule has 2 rings (SSSR count). The lowest BCUT2D eigenvalue weighted by Crippen LogP contribution is -2.17. The maximum atomic E-state index is 13.7. The predicted molar refractivity (Wildman–Crippen MR) is 69.8 cm³/mol. The smallest absolute Gasteiger partial charge is 0.148 e. The number of nitrogens with zero attached hydrogens (tertiary/aromatic N) is 2. The Kier molecular flexibility index (Phi) is 3.28. The molecule has 0 amide bonds. The highest BCUT2D eigenvalue weighted by Crippen LogP contribution is 2.23. The van der Waals surface area contributed by atoms with Gasteiger partial charge in [-0.15, -0.1) is 11.3 Å². The molecule has 17 heavy (non-hydrogen) atoms. The molecule has 5 heteroatoms. The Bertz CT molecular complexity index is 524. The van der Waals surface area contributed by atoms with Gasteiger partial charge in [0.1, 0.15) is 5.82 Å². The van der Waals surface area contributed by atoms with Crippen molar-refractivity contribution in [1.29, 1.82) is 0 Å². The van der Waals surface area contributed by atoms with Crippen LogP contribution in [0.1, 0.15) is 10.6 Å². The Hall–Kier alpha value is -1.62. The van der Waals surface area contributed by atoms with E-state index < -0.39 is 0 Å². The first-order valence-electron chi connectivity index (χ1n) is 5.23. The van der Waals surface area contributed by atoms with Gasteiger partial charge in [0, 0.05) is 17.6 Å².